The van der Waals surface area contributed by atoms with Crippen molar-refractivity contribution in [2.45, 2.75) is 57.9 Å². The first-order valence-corrected chi connectivity index (χ1v) is 10.2. The van der Waals surface area contributed by atoms with Gasteiger partial charge in [0, 0.05) is 19.0 Å². The summed E-state index contributed by atoms with van der Waals surface area (Å²) in [6, 6.07) is 6.24. The Morgan fingerprint density at radius 2 is 2.04 bits per heavy atom. The predicted octanol–water partition coefficient (Wildman–Crippen LogP) is 3.82. The molecular weight excluding hydrogens is 348 g/mol. The van der Waals surface area contributed by atoms with Crippen LogP contribution in [0.1, 0.15) is 51.0 Å². The first-order chi connectivity index (χ1) is 12.6. The molecule has 1 saturated carbocycles. The van der Waals surface area contributed by atoms with Crippen LogP contribution in [-0.2, 0) is 11.2 Å². The number of thiazole rings is 1. The van der Waals surface area contributed by atoms with E-state index in [2.05, 4.69) is 40.0 Å². The number of carbonyl (C=O) groups is 2. The summed E-state index contributed by atoms with van der Waals surface area (Å²) in [4.78, 5) is 28.4. The number of aryl methyl sites for hydroxylation is 1. The average molecular weight is 375 g/mol. The Hall–Kier alpha value is -2.15. The molecular formula is C19H26N4O2S. The van der Waals surface area contributed by atoms with E-state index < -0.39 is 0 Å². The van der Waals surface area contributed by atoms with E-state index in [1.165, 1.54) is 36.2 Å². The van der Waals surface area contributed by atoms with Gasteiger partial charge in [-0.05, 0) is 37.0 Å². The Morgan fingerprint density at radius 1 is 1.23 bits per heavy atom. The van der Waals surface area contributed by atoms with Gasteiger partial charge in [0.25, 0.3) is 0 Å². The van der Waals surface area contributed by atoms with Crippen LogP contribution in [0.3, 0.4) is 0 Å². The van der Waals surface area contributed by atoms with Gasteiger partial charge < -0.3 is 16.0 Å². The van der Waals surface area contributed by atoms with Crippen molar-refractivity contribution in [3.05, 3.63) is 23.8 Å². The lowest BCUT2D eigenvalue weighted by Crippen LogP contribution is -2.43. The van der Waals surface area contributed by atoms with E-state index in [4.69, 9.17) is 0 Å². The molecule has 1 fully saturated rings. The number of hydrogen-bond acceptors (Lipinski definition) is 4. The number of nitrogens with one attached hydrogen (secondary N) is 3. The van der Waals surface area contributed by atoms with Crippen molar-refractivity contribution in [2.24, 2.45) is 0 Å². The molecule has 140 valence electrons. The molecule has 0 radical (unpaired) electrons. The third kappa shape index (κ3) is 5.17. The summed E-state index contributed by atoms with van der Waals surface area (Å²) in [7, 11) is 0. The number of amides is 3. The number of anilines is 1. The molecule has 26 heavy (non-hydrogen) atoms. The molecule has 1 aromatic carbocycles. The zero-order valence-corrected chi connectivity index (χ0v) is 16.0. The Bertz CT molecular complexity index is 768. The number of aromatic nitrogens is 1. The minimum atomic E-state index is -0.184. The molecule has 2 aromatic rings. The smallest absolute Gasteiger partial charge is 0.315 e. The topological polar surface area (TPSA) is 83.1 Å². The SMILES string of the molecule is CCc1ccc2nc(NC(=O)CCNC(=O)NC3CCCCC3)sc2c1. The fraction of sp³-hybridized carbons (Fsp3) is 0.526. The maximum Gasteiger partial charge on any atom is 0.315 e. The van der Waals surface area contributed by atoms with Crippen molar-refractivity contribution < 1.29 is 9.59 Å². The number of fused-ring (bicyclic) bond motifs is 1. The van der Waals surface area contributed by atoms with E-state index >= 15 is 0 Å². The standard InChI is InChI=1S/C19H26N4O2S/c1-2-13-8-9-15-16(12-13)26-19(22-15)23-17(24)10-11-20-18(25)21-14-6-4-3-5-7-14/h8-9,12,14H,2-7,10-11H2,1H3,(H2,20,21,25)(H,22,23,24). The lowest BCUT2D eigenvalue weighted by molar-refractivity contribution is -0.116. The van der Waals surface area contributed by atoms with Crippen molar-refractivity contribution in [1.82, 2.24) is 15.6 Å². The highest BCUT2D eigenvalue weighted by atomic mass is 32.1. The molecule has 3 N–H and O–H groups in total. The summed E-state index contributed by atoms with van der Waals surface area (Å²) in [6.45, 7) is 2.43. The number of nitrogens with zero attached hydrogens (tertiary/aromatic N) is 1. The summed E-state index contributed by atoms with van der Waals surface area (Å²) in [5.74, 6) is -0.141. The van der Waals surface area contributed by atoms with Crippen LogP contribution < -0.4 is 16.0 Å². The summed E-state index contributed by atoms with van der Waals surface area (Å²) in [5, 5.41) is 9.16. The van der Waals surface area contributed by atoms with Gasteiger partial charge in [-0.3, -0.25) is 4.79 Å². The molecule has 0 spiro atoms. The minimum absolute atomic E-state index is 0.141. The fourth-order valence-electron chi connectivity index (χ4n) is 3.20. The third-order valence-electron chi connectivity index (χ3n) is 4.69. The quantitative estimate of drug-likeness (QED) is 0.719. The van der Waals surface area contributed by atoms with E-state index in [1.54, 1.807) is 0 Å². The zero-order chi connectivity index (χ0) is 18.4. The van der Waals surface area contributed by atoms with Crippen LogP contribution in [-0.4, -0.2) is 29.5 Å². The fourth-order valence-corrected chi connectivity index (χ4v) is 4.14. The van der Waals surface area contributed by atoms with E-state index in [9.17, 15) is 9.59 Å². The minimum Gasteiger partial charge on any atom is -0.338 e. The van der Waals surface area contributed by atoms with Crippen molar-refractivity contribution in [3.63, 3.8) is 0 Å². The van der Waals surface area contributed by atoms with Crippen molar-refractivity contribution in [2.75, 3.05) is 11.9 Å². The first kappa shape index (κ1) is 18.6. The van der Waals surface area contributed by atoms with Crippen LogP contribution in [0.25, 0.3) is 10.2 Å². The van der Waals surface area contributed by atoms with Gasteiger partial charge in [-0.15, -0.1) is 0 Å². The molecule has 6 nitrogen and oxygen atoms in total. The molecule has 0 bridgehead atoms. The number of carbonyl (C=O) groups excluding carboxylic acids is 2. The van der Waals surface area contributed by atoms with E-state index in [0.717, 1.165) is 29.5 Å². The van der Waals surface area contributed by atoms with E-state index in [-0.39, 0.29) is 24.4 Å². The lowest BCUT2D eigenvalue weighted by atomic mass is 9.96. The maximum atomic E-state index is 12.1. The van der Waals surface area contributed by atoms with Crippen LogP contribution in [0.5, 0.6) is 0 Å². The van der Waals surface area contributed by atoms with Crippen molar-refractivity contribution in [3.8, 4) is 0 Å². The van der Waals surface area contributed by atoms with Crippen molar-refractivity contribution >= 4 is 38.6 Å². The first-order valence-electron chi connectivity index (χ1n) is 9.37. The second kappa shape index (κ2) is 8.98. The second-order valence-corrected chi connectivity index (χ2v) is 7.74. The molecule has 1 aliphatic carbocycles. The predicted molar refractivity (Wildman–Crippen MR) is 106 cm³/mol. The summed E-state index contributed by atoms with van der Waals surface area (Å²) < 4.78 is 1.07. The highest BCUT2D eigenvalue weighted by molar-refractivity contribution is 7.22. The Balaban J connectivity index is 1.41. The Labute approximate surface area is 157 Å². The van der Waals surface area contributed by atoms with Crippen LogP contribution in [0.2, 0.25) is 0 Å². The molecule has 7 heteroatoms. The van der Waals surface area contributed by atoms with Crippen molar-refractivity contribution in [1.29, 1.82) is 0 Å². The van der Waals surface area contributed by atoms with Gasteiger partial charge >= 0.3 is 6.03 Å². The average Bonchev–Trinajstić information content (AvgIpc) is 3.03. The molecule has 1 heterocycles. The normalized spacial score (nSPS) is 15.0. The largest absolute Gasteiger partial charge is 0.338 e. The Kier molecular flexibility index (Phi) is 6.44. The summed E-state index contributed by atoms with van der Waals surface area (Å²) >= 11 is 1.48. The number of urea groups is 1. The molecule has 3 amide bonds. The van der Waals surface area contributed by atoms with Crippen LogP contribution in [0, 0.1) is 0 Å². The van der Waals surface area contributed by atoms with Gasteiger partial charge in [-0.1, -0.05) is 43.6 Å². The Morgan fingerprint density at radius 3 is 2.81 bits per heavy atom. The highest BCUT2D eigenvalue weighted by Gasteiger charge is 2.15. The van der Waals surface area contributed by atoms with Crippen LogP contribution in [0.15, 0.2) is 18.2 Å². The molecule has 1 aromatic heterocycles. The second-order valence-electron chi connectivity index (χ2n) is 6.71. The molecule has 1 aliphatic rings. The van der Waals surface area contributed by atoms with Gasteiger partial charge in [0.15, 0.2) is 5.13 Å². The number of hydrogen-bond donors (Lipinski definition) is 3. The lowest BCUT2D eigenvalue weighted by Gasteiger charge is -2.22. The third-order valence-corrected chi connectivity index (χ3v) is 5.62. The maximum absolute atomic E-state index is 12.1. The van der Waals surface area contributed by atoms with E-state index in [1.807, 2.05) is 6.07 Å². The van der Waals surface area contributed by atoms with Gasteiger partial charge in [0.2, 0.25) is 5.91 Å². The van der Waals surface area contributed by atoms with Gasteiger partial charge in [-0.2, -0.15) is 0 Å². The number of benzene rings is 1. The molecule has 0 aliphatic heterocycles. The number of rotatable bonds is 6. The van der Waals surface area contributed by atoms with Gasteiger partial charge in [-0.25, -0.2) is 9.78 Å². The van der Waals surface area contributed by atoms with Gasteiger partial charge in [0.05, 0.1) is 10.2 Å². The van der Waals surface area contributed by atoms with Gasteiger partial charge in [0.1, 0.15) is 0 Å². The van der Waals surface area contributed by atoms with Crippen LogP contribution >= 0.6 is 11.3 Å². The zero-order valence-electron chi connectivity index (χ0n) is 15.1. The monoisotopic (exact) mass is 374 g/mol. The molecule has 3 rings (SSSR count). The molecule has 0 saturated heterocycles. The van der Waals surface area contributed by atoms with Crippen LogP contribution in [0.4, 0.5) is 9.93 Å². The molecule has 0 unspecified atom stereocenters. The molecule has 0 atom stereocenters. The summed E-state index contributed by atoms with van der Waals surface area (Å²) in [5.41, 5.74) is 2.15. The highest BCUT2D eigenvalue weighted by Crippen LogP contribution is 2.27. The summed E-state index contributed by atoms with van der Waals surface area (Å²) in [6.07, 6.45) is 6.91. The van der Waals surface area contributed by atoms with E-state index in [0.29, 0.717) is 11.7 Å².